The summed E-state index contributed by atoms with van der Waals surface area (Å²) in [6, 6.07) is 0.603. The lowest BCUT2D eigenvalue weighted by atomic mass is 10.1. The van der Waals surface area contributed by atoms with Crippen LogP contribution in [0.1, 0.15) is 38.5 Å². The van der Waals surface area contributed by atoms with Gasteiger partial charge in [0.15, 0.2) is 3.95 Å². The van der Waals surface area contributed by atoms with Crippen LogP contribution in [0.25, 0.3) is 0 Å². The Kier molecular flexibility index (Phi) is 3.53. The monoisotopic (exact) mass is 229 g/mol. The van der Waals surface area contributed by atoms with Gasteiger partial charge in [-0.15, -0.1) is 5.10 Å². The van der Waals surface area contributed by atoms with Crippen molar-refractivity contribution in [1.29, 1.82) is 0 Å². The Labute approximate surface area is 92.9 Å². The molecule has 3 nitrogen and oxygen atoms in total. The van der Waals surface area contributed by atoms with Gasteiger partial charge < -0.3 is 5.32 Å². The summed E-state index contributed by atoms with van der Waals surface area (Å²) < 4.78 is 0.751. The molecule has 0 unspecified atom stereocenters. The molecule has 14 heavy (non-hydrogen) atoms. The second kappa shape index (κ2) is 4.89. The minimum absolute atomic E-state index is 0.603. The van der Waals surface area contributed by atoms with E-state index in [0.29, 0.717) is 6.04 Å². The van der Waals surface area contributed by atoms with Crippen LogP contribution in [0.4, 0.5) is 5.13 Å². The average molecular weight is 229 g/mol. The number of aromatic amines is 1. The van der Waals surface area contributed by atoms with Crippen LogP contribution < -0.4 is 5.32 Å². The van der Waals surface area contributed by atoms with Crippen LogP contribution >= 0.6 is 23.6 Å². The third-order valence-corrected chi connectivity index (χ3v) is 3.64. The molecule has 1 fully saturated rings. The van der Waals surface area contributed by atoms with Crippen molar-refractivity contribution in [2.75, 3.05) is 5.32 Å². The lowest BCUT2D eigenvalue weighted by Crippen LogP contribution is -2.17. The number of H-pyrrole nitrogens is 1. The summed E-state index contributed by atoms with van der Waals surface area (Å²) in [6.45, 7) is 0. The Morgan fingerprint density at radius 2 is 2.00 bits per heavy atom. The van der Waals surface area contributed by atoms with Gasteiger partial charge in [0.2, 0.25) is 5.13 Å². The van der Waals surface area contributed by atoms with E-state index in [-0.39, 0.29) is 0 Å². The topological polar surface area (TPSA) is 40.7 Å². The van der Waals surface area contributed by atoms with Crippen molar-refractivity contribution in [3.63, 3.8) is 0 Å². The molecule has 78 valence electrons. The smallest absolute Gasteiger partial charge is 0.204 e. The van der Waals surface area contributed by atoms with Gasteiger partial charge in [0.25, 0.3) is 0 Å². The van der Waals surface area contributed by atoms with Crippen molar-refractivity contribution >= 4 is 28.7 Å². The molecule has 0 spiro atoms. The Balaban J connectivity index is 1.92. The van der Waals surface area contributed by atoms with Crippen LogP contribution in [-0.4, -0.2) is 16.2 Å². The first-order valence-corrected chi connectivity index (χ1v) is 6.39. The molecule has 0 aliphatic heterocycles. The van der Waals surface area contributed by atoms with E-state index < -0.39 is 0 Å². The molecule has 1 aliphatic carbocycles. The molecule has 0 radical (unpaired) electrons. The van der Waals surface area contributed by atoms with Crippen LogP contribution in [0.15, 0.2) is 0 Å². The second-order valence-corrected chi connectivity index (χ2v) is 5.42. The maximum atomic E-state index is 4.99. The zero-order valence-electron chi connectivity index (χ0n) is 8.08. The summed E-state index contributed by atoms with van der Waals surface area (Å²) in [5.74, 6) is 0. The molecule has 1 aliphatic rings. The van der Waals surface area contributed by atoms with E-state index in [1.807, 2.05) is 0 Å². The van der Waals surface area contributed by atoms with E-state index >= 15 is 0 Å². The molecule has 0 saturated heterocycles. The summed E-state index contributed by atoms with van der Waals surface area (Å²) in [5.41, 5.74) is 0. The highest BCUT2D eigenvalue weighted by Crippen LogP contribution is 2.21. The van der Waals surface area contributed by atoms with E-state index in [9.17, 15) is 0 Å². The predicted molar refractivity (Wildman–Crippen MR) is 62.4 cm³/mol. The fourth-order valence-electron chi connectivity index (χ4n) is 1.89. The number of hydrogen-bond donors (Lipinski definition) is 2. The van der Waals surface area contributed by atoms with Crippen molar-refractivity contribution in [3.8, 4) is 0 Å². The molecule has 2 rings (SSSR count). The van der Waals surface area contributed by atoms with Crippen LogP contribution in [0.5, 0.6) is 0 Å². The van der Waals surface area contributed by atoms with E-state index in [1.54, 1.807) is 0 Å². The Hall–Kier alpha value is -0.420. The summed E-state index contributed by atoms with van der Waals surface area (Å²) in [7, 11) is 0. The summed E-state index contributed by atoms with van der Waals surface area (Å²) in [5, 5.41) is 11.3. The van der Waals surface area contributed by atoms with Gasteiger partial charge in [0.1, 0.15) is 0 Å². The maximum Gasteiger partial charge on any atom is 0.204 e. The van der Waals surface area contributed by atoms with E-state index in [0.717, 1.165) is 9.09 Å². The molecule has 2 N–H and O–H groups in total. The van der Waals surface area contributed by atoms with Crippen molar-refractivity contribution in [2.45, 2.75) is 44.6 Å². The van der Waals surface area contributed by atoms with Crippen molar-refractivity contribution in [1.82, 2.24) is 10.2 Å². The maximum absolute atomic E-state index is 4.99. The molecule has 0 bridgehead atoms. The highest BCUT2D eigenvalue weighted by atomic mass is 32.1. The molecule has 5 heteroatoms. The normalized spacial score (nSPS) is 19.1. The quantitative estimate of drug-likeness (QED) is 0.603. The standard InChI is InChI=1S/C9H15N3S2/c13-9-12-11-8(14-9)10-7-5-3-1-2-4-6-7/h7H,1-6H2,(H,10,11)(H,12,13). The lowest BCUT2D eigenvalue weighted by Gasteiger charge is -2.14. The number of nitrogens with one attached hydrogen (secondary N) is 2. The zero-order valence-corrected chi connectivity index (χ0v) is 9.72. The van der Waals surface area contributed by atoms with Crippen molar-refractivity contribution < 1.29 is 0 Å². The molecular formula is C9H15N3S2. The number of hydrogen-bond acceptors (Lipinski definition) is 4. The highest BCUT2D eigenvalue weighted by molar-refractivity contribution is 7.73. The van der Waals surface area contributed by atoms with Gasteiger partial charge in [-0.3, -0.25) is 5.10 Å². The van der Waals surface area contributed by atoms with E-state index in [1.165, 1.54) is 49.9 Å². The lowest BCUT2D eigenvalue weighted by molar-refractivity contribution is 0.618. The third-order valence-electron chi connectivity index (χ3n) is 2.62. The Morgan fingerprint density at radius 1 is 1.29 bits per heavy atom. The zero-order chi connectivity index (χ0) is 9.80. The number of rotatable bonds is 2. The number of anilines is 1. The molecular weight excluding hydrogens is 214 g/mol. The summed E-state index contributed by atoms with van der Waals surface area (Å²) >= 11 is 6.51. The number of aromatic nitrogens is 2. The van der Waals surface area contributed by atoms with Gasteiger partial charge in [0, 0.05) is 6.04 Å². The molecule has 1 heterocycles. The van der Waals surface area contributed by atoms with Crippen molar-refractivity contribution in [2.24, 2.45) is 0 Å². The SMILES string of the molecule is S=c1[nH]nc(NC2CCCCCC2)s1. The minimum Gasteiger partial charge on any atom is -0.357 e. The number of nitrogens with zero attached hydrogens (tertiary/aromatic N) is 1. The van der Waals surface area contributed by atoms with E-state index in [4.69, 9.17) is 12.2 Å². The van der Waals surface area contributed by atoms with Crippen molar-refractivity contribution in [3.05, 3.63) is 3.95 Å². The van der Waals surface area contributed by atoms with Crippen LogP contribution in [0, 0.1) is 3.95 Å². The van der Waals surface area contributed by atoms with Crippen LogP contribution in [-0.2, 0) is 0 Å². The first kappa shape index (κ1) is 10.1. The Morgan fingerprint density at radius 3 is 2.57 bits per heavy atom. The third kappa shape index (κ3) is 2.78. The predicted octanol–water partition coefficient (Wildman–Crippen LogP) is 3.34. The molecule has 1 aromatic heterocycles. The molecule has 1 saturated carbocycles. The minimum atomic E-state index is 0.603. The van der Waals surface area contributed by atoms with Gasteiger partial charge in [-0.2, -0.15) is 0 Å². The average Bonchev–Trinajstić information content (AvgIpc) is 2.43. The fourth-order valence-corrected chi connectivity index (χ4v) is 2.76. The van der Waals surface area contributed by atoms with Gasteiger partial charge in [-0.05, 0) is 25.1 Å². The van der Waals surface area contributed by atoms with Gasteiger partial charge >= 0.3 is 0 Å². The Bertz CT molecular complexity index is 323. The van der Waals surface area contributed by atoms with Gasteiger partial charge in [-0.1, -0.05) is 37.0 Å². The first-order valence-electron chi connectivity index (χ1n) is 5.16. The highest BCUT2D eigenvalue weighted by Gasteiger charge is 2.12. The van der Waals surface area contributed by atoms with Crippen LogP contribution in [0.3, 0.4) is 0 Å². The summed E-state index contributed by atoms with van der Waals surface area (Å²) in [4.78, 5) is 0. The van der Waals surface area contributed by atoms with Crippen LogP contribution in [0.2, 0.25) is 0 Å². The van der Waals surface area contributed by atoms with Gasteiger partial charge in [-0.25, -0.2) is 0 Å². The fraction of sp³-hybridized carbons (Fsp3) is 0.778. The molecule has 0 aromatic carbocycles. The molecule has 0 amide bonds. The van der Waals surface area contributed by atoms with E-state index in [2.05, 4.69) is 15.5 Å². The first-order chi connectivity index (χ1) is 6.84. The second-order valence-electron chi connectivity index (χ2n) is 3.75. The molecule has 0 atom stereocenters. The molecule has 1 aromatic rings. The summed E-state index contributed by atoms with van der Waals surface area (Å²) in [6.07, 6.45) is 7.99. The van der Waals surface area contributed by atoms with Gasteiger partial charge in [0.05, 0.1) is 0 Å². The largest absolute Gasteiger partial charge is 0.357 e.